The van der Waals surface area contributed by atoms with Crippen molar-refractivity contribution in [1.82, 2.24) is 5.32 Å². The summed E-state index contributed by atoms with van der Waals surface area (Å²) in [7, 11) is -3.75. The molecule has 0 fully saturated rings. The fourth-order valence-corrected chi connectivity index (χ4v) is 3.35. The molecule has 0 radical (unpaired) electrons. The highest BCUT2D eigenvalue weighted by Crippen LogP contribution is 2.22. The molecule has 2 rings (SSSR count). The molecular weight excluding hydrogens is 378 g/mol. The first-order chi connectivity index (χ1) is 12.2. The summed E-state index contributed by atoms with van der Waals surface area (Å²) in [6.45, 7) is 1.78. The van der Waals surface area contributed by atoms with Crippen molar-refractivity contribution in [1.29, 1.82) is 0 Å². The van der Waals surface area contributed by atoms with Gasteiger partial charge in [0, 0.05) is 17.0 Å². The second-order valence-electron chi connectivity index (χ2n) is 5.44. The van der Waals surface area contributed by atoms with Crippen molar-refractivity contribution in [2.45, 2.75) is 22.8 Å². The number of carbonyl (C=O) groups excluding carboxylic acids is 1. The Morgan fingerprint density at radius 1 is 1.19 bits per heavy atom. The number of non-ortho nitro benzene ring substituents is 1. The molecule has 0 aliphatic carbocycles. The molecule has 2 aromatic carbocycles. The molecule has 0 aliphatic heterocycles. The molecule has 1 unspecified atom stereocenters. The zero-order valence-corrected chi connectivity index (χ0v) is 15.4. The topological polar surface area (TPSA) is 132 Å². The van der Waals surface area contributed by atoms with Gasteiger partial charge >= 0.3 is 0 Å². The van der Waals surface area contributed by atoms with Crippen molar-refractivity contribution in [3.8, 4) is 0 Å². The zero-order valence-electron chi connectivity index (χ0n) is 13.8. The van der Waals surface area contributed by atoms with E-state index in [4.69, 9.17) is 5.14 Å². The Hall–Kier alpha value is -2.43. The maximum atomic E-state index is 12.0. The minimum absolute atomic E-state index is 0.00429. The monoisotopic (exact) mass is 395 g/mol. The predicted molar refractivity (Wildman–Crippen MR) is 98.2 cm³/mol. The molecule has 138 valence electrons. The van der Waals surface area contributed by atoms with Crippen molar-refractivity contribution >= 4 is 33.4 Å². The van der Waals surface area contributed by atoms with Gasteiger partial charge in [-0.25, -0.2) is 13.6 Å². The summed E-state index contributed by atoms with van der Waals surface area (Å²) in [4.78, 5) is 22.9. The Kier molecular flexibility index (Phi) is 6.35. The Balaban J connectivity index is 1.89. The molecule has 3 N–H and O–H groups in total. The number of carbonyl (C=O) groups is 1. The Morgan fingerprint density at radius 3 is 2.27 bits per heavy atom. The Labute approximate surface area is 155 Å². The van der Waals surface area contributed by atoms with Crippen LogP contribution in [-0.4, -0.2) is 25.0 Å². The first-order valence-corrected chi connectivity index (χ1v) is 9.99. The second-order valence-corrected chi connectivity index (χ2v) is 8.05. The molecule has 0 spiro atoms. The summed E-state index contributed by atoms with van der Waals surface area (Å²) in [5.41, 5.74) is 0.737. The van der Waals surface area contributed by atoms with Crippen LogP contribution in [0.2, 0.25) is 0 Å². The van der Waals surface area contributed by atoms with E-state index in [1.165, 1.54) is 36.0 Å². The summed E-state index contributed by atoms with van der Waals surface area (Å²) in [5.74, 6) is -0.0615. The lowest BCUT2D eigenvalue weighted by Gasteiger charge is -2.14. The maximum absolute atomic E-state index is 12.0. The number of thioether (sulfide) groups is 1. The van der Waals surface area contributed by atoms with Gasteiger partial charge in [0.05, 0.1) is 21.6 Å². The van der Waals surface area contributed by atoms with E-state index in [9.17, 15) is 23.3 Å². The Bertz CT molecular complexity index is 896. The highest BCUT2D eigenvalue weighted by atomic mass is 32.2. The molecular formula is C16H17N3O5S2. The molecule has 26 heavy (non-hydrogen) atoms. The van der Waals surface area contributed by atoms with Crippen LogP contribution < -0.4 is 10.5 Å². The van der Waals surface area contributed by atoms with Crippen LogP contribution in [0.1, 0.15) is 18.5 Å². The van der Waals surface area contributed by atoms with Gasteiger partial charge in [-0.05, 0) is 36.8 Å². The third kappa shape index (κ3) is 5.55. The SMILES string of the molecule is CC(NC(=O)CSc1ccc([N+](=O)[O-])cc1)c1ccc(S(N)(=O)=O)cc1. The molecule has 0 aliphatic rings. The van der Waals surface area contributed by atoms with Crippen molar-refractivity contribution in [2.24, 2.45) is 5.14 Å². The lowest BCUT2D eigenvalue weighted by molar-refractivity contribution is -0.384. The Morgan fingerprint density at radius 2 is 1.77 bits per heavy atom. The molecule has 0 heterocycles. The fraction of sp³-hybridized carbons (Fsp3) is 0.188. The van der Waals surface area contributed by atoms with Crippen LogP contribution in [0.4, 0.5) is 5.69 Å². The molecule has 0 aromatic heterocycles. The number of nitro groups is 1. The van der Waals surface area contributed by atoms with E-state index >= 15 is 0 Å². The second kappa shape index (κ2) is 8.30. The number of rotatable bonds is 7. The predicted octanol–water partition coefficient (Wildman–Crippen LogP) is 2.21. The van der Waals surface area contributed by atoms with E-state index in [1.807, 2.05) is 0 Å². The van der Waals surface area contributed by atoms with Crippen LogP contribution in [0.3, 0.4) is 0 Å². The van der Waals surface area contributed by atoms with Gasteiger partial charge in [0.1, 0.15) is 0 Å². The molecule has 1 amide bonds. The summed E-state index contributed by atoms with van der Waals surface area (Å²) in [5, 5.41) is 18.5. The normalized spacial score (nSPS) is 12.4. The van der Waals surface area contributed by atoms with Gasteiger partial charge in [-0.15, -0.1) is 11.8 Å². The lowest BCUT2D eigenvalue weighted by Crippen LogP contribution is -2.28. The molecule has 2 aromatic rings. The number of nitrogens with zero attached hydrogens (tertiary/aromatic N) is 1. The summed E-state index contributed by atoms with van der Waals surface area (Å²) in [6, 6.07) is 11.6. The average Bonchev–Trinajstić information content (AvgIpc) is 2.59. The minimum atomic E-state index is -3.75. The third-order valence-corrected chi connectivity index (χ3v) is 5.44. The lowest BCUT2D eigenvalue weighted by atomic mass is 10.1. The fourth-order valence-electron chi connectivity index (χ4n) is 2.13. The molecule has 0 bridgehead atoms. The summed E-state index contributed by atoms with van der Waals surface area (Å²) in [6.07, 6.45) is 0. The molecule has 10 heteroatoms. The van der Waals surface area contributed by atoms with Gasteiger partial charge < -0.3 is 5.32 Å². The van der Waals surface area contributed by atoms with Crippen LogP contribution in [0, 0.1) is 10.1 Å². The summed E-state index contributed by atoms with van der Waals surface area (Å²) >= 11 is 1.26. The number of primary sulfonamides is 1. The van der Waals surface area contributed by atoms with Gasteiger partial charge in [0.15, 0.2) is 0 Å². The van der Waals surface area contributed by atoms with Gasteiger partial charge in [-0.1, -0.05) is 12.1 Å². The number of amides is 1. The largest absolute Gasteiger partial charge is 0.349 e. The number of hydrogen-bond donors (Lipinski definition) is 2. The van der Waals surface area contributed by atoms with Gasteiger partial charge in [-0.3, -0.25) is 14.9 Å². The van der Waals surface area contributed by atoms with Gasteiger partial charge in [0.2, 0.25) is 15.9 Å². The van der Waals surface area contributed by atoms with E-state index in [2.05, 4.69) is 5.32 Å². The van der Waals surface area contributed by atoms with Crippen LogP contribution in [0.15, 0.2) is 58.3 Å². The van der Waals surface area contributed by atoms with Crippen molar-refractivity contribution in [3.63, 3.8) is 0 Å². The molecule has 0 saturated heterocycles. The number of sulfonamides is 1. The molecule has 0 saturated carbocycles. The van der Waals surface area contributed by atoms with Crippen LogP contribution in [0.5, 0.6) is 0 Å². The van der Waals surface area contributed by atoms with E-state index in [1.54, 1.807) is 31.2 Å². The minimum Gasteiger partial charge on any atom is -0.349 e. The van der Waals surface area contributed by atoms with Gasteiger partial charge in [-0.2, -0.15) is 0 Å². The first kappa shape index (κ1) is 19.9. The number of benzene rings is 2. The number of nitrogens with one attached hydrogen (secondary N) is 1. The van der Waals surface area contributed by atoms with Crippen molar-refractivity contribution < 1.29 is 18.1 Å². The quantitative estimate of drug-likeness (QED) is 0.419. The van der Waals surface area contributed by atoms with Gasteiger partial charge in [0.25, 0.3) is 5.69 Å². The number of hydrogen-bond acceptors (Lipinski definition) is 6. The number of nitro benzene ring substituents is 1. The van der Waals surface area contributed by atoms with E-state index in [0.29, 0.717) is 0 Å². The van der Waals surface area contributed by atoms with Crippen LogP contribution in [0.25, 0.3) is 0 Å². The maximum Gasteiger partial charge on any atom is 0.269 e. The smallest absolute Gasteiger partial charge is 0.269 e. The highest BCUT2D eigenvalue weighted by molar-refractivity contribution is 8.00. The summed E-state index contributed by atoms with van der Waals surface area (Å²) < 4.78 is 22.5. The highest BCUT2D eigenvalue weighted by Gasteiger charge is 2.13. The van der Waals surface area contributed by atoms with E-state index in [0.717, 1.165) is 10.5 Å². The van der Waals surface area contributed by atoms with Crippen molar-refractivity contribution in [3.05, 3.63) is 64.2 Å². The first-order valence-electron chi connectivity index (χ1n) is 7.46. The molecule has 8 nitrogen and oxygen atoms in total. The average molecular weight is 395 g/mol. The number of nitrogens with two attached hydrogens (primary N) is 1. The van der Waals surface area contributed by atoms with Crippen LogP contribution >= 0.6 is 11.8 Å². The van der Waals surface area contributed by atoms with Crippen molar-refractivity contribution in [2.75, 3.05) is 5.75 Å². The zero-order chi connectivity index (χ0) is 19.3. The van der Waals surface area contributed by atoms with E-state index in [-0.39, 0.29) is 28.3 Å². The third-order valence-electron chi connectivity index (χ3n) is 3.50. The van der Waals surface area contributed by atoms with Crippen LogP contribution in [-0.2, 0) is 14.8 Å². The van der Waals surface area contributed by atoms with E-state index < -0.39 is 14.9 Å². The standard InChI is InChI=1S/C16H17N3O5S2/c1-11(12-2-8-15(9-3-12)26(17,23)24)18-16(20)10-25-14-6-4-13(5-7-14)19(21)22/h2-9,11H,10H2,1H3,(H,18,20)(H2,17,23,24). The molecule has 1 atom stereocenters.